The van der Waals surface area contributed by atoms with E-state index < -0.39 is 0 Å². The molecule has 158 valence electrons. The summed E-state index contributed by atoms with van der Waals surface area (Å²) >= 11 is 0. The zero-order valence-corrected chi connectivity index (χ0v) is 18.4. The lowest BCUT2D eigenvalue weighted by molar-refractivity contribution is 0.667. The molecule has 0 atom stereocenters. The van der Waals surface area contributed by atoms with E-state index in [9.17, 15) is 0 Å². The van der Waals surface area contributed by atoms with Gasteiger partial charge >= 0.3 is 0 Å². The Morgan fingerprint density at radius 3 is 2.33 bits per heavy atom. The van der Waals surface area contributed by atoms with Gasteiger partial charge in [0.05, 0.1) is 0 Å². The summed E-state index contributed by atoms with van der Waals surface area (Å²) in [5.74, 6) is 0. The van der Waals surface area contributed by atoms with E-state index in [2.05, 4.69) is 91.9 Å². The second-order valence-corrected chi connectivity index (χ2v) is 8.97. The highest BCUT2D eigenvalue weighted by Gasteiger charge is 2.17. The molecule has 0 saturated carbocycles. The molecule has 0 fully saturated rings. The molecule has 4 aromatic carbocycles. The molecule has 2 heterocycles. The Morgan fingerprint density at radius 2 is 1.45 bits per heavy atom. The Labute approximate surface area is 191 Å². The molecule has 6 aromatic rings. The lowest BCUT2D eigenvalue weighted by atomic mass is 9.91. The Balaban J connectivity index is 1.52. The quantitative estimate of drug-likeness (QED) is 0.276. The third-order valence-corrected chi connectivity index (χ3v) is 6.80. The molecule has 2 aromatic heterocycles. The Bertz CT molecular complexity index is 1770. The van der Waals surface area contributed by atoms with Crippen LogP contribution in [0.15, 0.2) is 99.9 Å². The number of hydrogen-bond donors (Lipinski definition) is 0. The first-order valence-electron chi connectivity index (χ1n) is 11.5. The van der Waals surface area contributed by atoms with Crippen LogP contribution < -0.4 is 0 Å². The highest BCUT2D eigenvalue weighted by atomic mass is 16.3. The van der Waals surface area contributed by atoms with Gasteiger partial charge in [-0.2, -0.15) is 0 Å². The van der Waals surface area contributed by atoms with Gasteiger partial charge < -0.3 is 8.83 Å². The molecular weight excluding hydrogens is 404 g/mol. The van der Waals surface area contributed by atoms with Gasteiger partial charge in [-0.15, -0.1) is 0 Å². The molecular formula is C31H22O2. The van der Waals surface area contributed by atoms with Crippen LogP contribution in [-0.4, -0.2) is 0 Å². The van der Waals surface area contributed by atoms with Gasteiger partial charge in [-0.1, -0.05) is 54.1 Å². The molecule has 2 nitrogen and oxygen atoms in total. The maximum absolute atomic E-state index is 6.38. The molecule has 7 rings (SSSR count). The van der Waals surface area contributed by atoms with Gasteiger partial charge in [0.2, 0.25) is 0 Å². The van der Waals surface area contributed by atoms with E-state index in [1.54, 1.807) is 0 Å². The minimum absolute atomic E-state index is 0.925. The number of para-hydroxylation sites is 1. The summed E-state index contributed by atoms with van der Waals surface area (Å²) in [7, 11) is 0. The van der Waals surface area contributed by atoms with Gasteiger partial charge in [-0.25, -0.2) is 0 Å². The SMILES string of the molecule is Cc1ccc2oc3ccc(-c4cc(C5=CC=CCC5)c5oc6ccccc6c5c4)cc3c2c1. The zero-order chi connectivity index (χ0) is 21.9. The monoisotopic (exact) mass is 426 g/mol. The summed E-state index contributed by atoms with van der Waals surface area (Å²) in [4.78, 5) is 0. The third kappa shape index (κ3) is 2.87. The van der Waals surface area contributed by atoms with Crippen LogP contribution in [0.5, 0.6) is 0 Å². The summed E-state index contributed by atoms with van der Waals surface area (Å²) in [5.41, 5.74) is 9.91. The van der Waals surface area contributed by atoms with Crippen LogP contribution >= 0.6 is 0 Å². The molecule has 2 heteroatoms. The van der Waals surface area contributed by atoms with Crippen molar-refractivity contribution in [1.82, 2.24) is 0 Å². The Kier molecular flexibility index (Phi) is 3.92. The number of furan rings is 2. The van der Waals surface area contributed by atoms with Crippen molar-refractivity contribution < 1.29 is 8.83 Å². The molecule has 0 spiro atoms. The molecule has 0 aliphatic heterocycles. The minimum Gasteiger partial charge on any atom is -0.456 e. The van der Waals surface area contributed by atoms with E-state index in [4.69, 9.17) is 8.83 Å². The van der Waals surface area contributed by atoms with Crippen LogP contribution in [0.4, 0.5) is 0 Å². The molecule has 0 bridgehead atoms. The van der Waals surface area contributed by atoms with Gasteiger partial charge in [0, 0.05) is 27.1 Å². The first-order valence-corrected chi connectivity index (χ1v) is 11.5. The molecule has 0 saturated heterocycles. The molecule has 0 N–H and O–H groups in total. The van der Waals surface area contributed by atoms with Crippen LogP contribution in [-0.2, 0) is 0 Å². The van der Waals surface area contributed by atoms with Gasteiger partial charge in [-0.05, 0) is 78.9 Å². The minimum atomic E-state index is 0.925. The summed E-state index contributed by atoms with van der Waals surface area (Å²) in [6.45, 7) is 2.12. The number of allylic oxidation sites excluding steroid dienone is 4. The fraction of sp³-hybridized carbons (Fsp3) is 0.0968. The standard InChI is InChI=1S/C31H22O2/c1-19-11-13-29-25(15-19)26-16-21(12-14-30(26)32-29)22-17-24(20-7-3-2-4-8-20)31-27(18-22)23-9-5-6-10-28(23)33-31/h2-3,5-7,9-18H,4,8H2,1H3. The maximum atomic E-state index is 6.38. The van der Waals surface area contributed by atoms with Crippen molar-refractivity contribution in [3.05, 3.63) is 102 Å². The van der Waals surface area contributed by atoms with Gasteiger partial charge in [0.25, 0.3) is 0 Å². The number of benzene rings is 4. The maximum Gasteiger partial charge on any atom is 0.142 e. The first kappa shape index (κ1) is 18.5. The summed E-state index contributed by atoms with van der Waals surface area (Å²) in [6.07, 6.45) is 8.70. The van der Waals surface area contributed by atoms with E-state index in [0.717, 1.165) is 45.9 Å². The second kappa shape index (κ2) is 6.98. The van der Waals surface area contributed by atoms with Crippen LogP contribution in [0.1, 0.15) is 24.0 Å². The largest absolute Gasteiger partial charge is 0.456 e. The van der Waals surface area contributed by atoms with E-state index in [1.807, 2.05) is 6.07 Å². The highest BCUT2D eigenvalue weighted by molar-refractivity contribution is 6.11. The second-order valence-electron chi connectivity index (χ2n) is 8.97. The third-order valence-electron chi connectivity index (χ3n) is 6.80. The number of aryl methyl sites for hydroxylation is 1. The Hall–Kier alpha value is -4.04. The normalized spacial score (nSPS) is 14.0. The van der Waals surface area contributed by atoms with Crippen molar-refractivity contribution in [3.63, 3.8) is 0 Å². The van der Waals surface area contributed by atoms with Crippen molar-refractivity contribution in [3.8, 4) is 11.1 Å². The number of hydrogen-bond acceptors (Lipinski definition) is 2. The van der Waals surface area contributed by atoms with Crippen LogP contribution in [0.25, 0.3) is 60.6 Å². The van der Waals surface area contributed by atoms with E-state index in [-0.39, 0.29) is 0 Å². The molecule has 0 unspecified atom stereocenters. The van der Waals surface area contributed by atoms with Crippen molar-refractivity contribution in [2.75, 3.05) is 0 Å². The molecule has 0 amide bonds. The van der Waals surface area contributed by atoms with Crippen LogP contribution in [0.2, 0.25) is 0 Å². The summed E-state index contributed by atoms with van der Waals surface area (Å²) in [5, 5.41) is 4.65. The fourth-order valence-corrected chi connectivity index (χ4v) is 5.13. The van der Waals surface area contributed by atoms with Gasteiger partial charge in [0.15, 0.2) is 0 Å². The van der Waals surface area contributed by atoms with Gasteiger partial charge in [0.1, 0.15) is 22.3 Å². The van der Waals surface area contributed by atoms with E-state index >= 15 is 0 Å². The van der Waals surface area contributed by atoms with E-state index in [1.165, 1.54) is 38.6 Å². The zero-order valence-electron chi connectivity index (χ0n) is 18.4. The lowest BCUT2D eigenvalue weighted by Crippen LogP contribution is -1.90. The highest BCUT2D eigenvalue weighted by Crippen LogP contribution is 2.40. The lowest BCUT2D eigenvalue weighted by Gasteiger charge is -2.12. The molecule has 1 aliphatic carbocycles. The average molecular weight is 427 g/mol. The van der Waals surface area contributed by atoms with Crippen LogP contribution in [0.3, 0.4) is 0 Å². The summed E-state index contributed by atoms with van der Waals surface area (Å²) in [6, 6.07) is 25.8. The predicted molar refractivity (Wildman–Crippen MR) is 138 cm³/mol. The first-order chi connectivity index (χ1) is 16.2. The predicted octanol–water partition coefficient (Wildman–Crippen LogP) is 9.19. The van der Waals surface area contributed by atoms with Crippen molar-refractivity contribution in [2.45, 2.75) is 19.8 Å². The smallest absolute Gasteiger partial charge is 0.142 e. The van der Waals surface area contributed by atoms with Crippen molar-refractivity contribution >= 4 is 49.5 Å². The average Bonchev–Trinajstić information content (AvgIpc) is 3.41. The Morgan fingerprint density at radius 1 is 0.667 bits per heavy atom. The molecule has 1 aliphatic rings. The number of rotatable bonds is 2. The van der Waals surface area contributed by atoms with Crippen molar-refractivity contribution in [1.29, 1.82) is 0 Å². The fourth-order valence-electron chi connectivity index (χ4n) is 5.13. The molecule has 33 heavy (non-hydrogen) atoms. The summed E-state index contributed by atoms with van der Waals surface area (Å²) < 4.78 is 12.5. The van der Waals surface area contributed by atoms with E-state index in [0.29, 0.717) is 0 Å². The van der Waals surface area contributed by atoms with Gasteiger partial charge in [-0.3, -0.25) is 0 Å². The topological polar surface area (TPSA) is 26.3 Å². The van der Waals surface area contributed by atoms with Crippen molar-refractivity contribution in [2.24, 2.45) is 0 Å². The molecule has 0 radical (unpaired) electrons. The number of fused-ring (bicyclic) bond motifs is 6. The van der Waals surface area contributed by atoms with Crippen LogP contribution in [0, 0.1) is 6.92 Å².